The zero-order chi connectivity index (χ0) is 25.7. The van der Waals surface area contributed by atoms with Gasteiger partial charge in [0.1, 0.15) is 24.1 Å². The summed E-state index contributed by atoms with van der Waals surface area (Å²) in [4.78, 5) is 11.9. The summed E-state index contributed by atoms with van der Waals surface area (Å²) in [6.07, 6.45) is 3.21. The van der Waals surface area contributed by atoms with Crippen molar-refractivity contribution in [3.63, 3.8) is 0 Å². The van der Waals surface area contributed by atoms with Crippen LogP contribution in [0.3, 0.4) is 0 Å². The molecule has 0 spiro atoms. The minimum atomic E-state index is -0.235. The fourth-order valence-electron chi connectivity index (χ4n) is 5.04. The van der Waals surface area contributed by atoms with Gasteiger partial charge in [-0.2, -0.15) is 5.10 Å². The second-order valence-electron chi connectivity index (χ2n) is 9.01. The molecule has 0 saturated carbocycles. The van der Waals surface area contributed by atoms with Crippen molar-refractivity contribution in [1.29, 1.82) is 0 Å². The lowest BCUT2D eigenvalue weighted by Gasteiger charge is -2.31. The molecule has 4 aromatic carbocycles. The Morgan fingerprint density at radius 1 is 0.789 bits per heavy atom. The van der Waals surface area contributed by atoms with E-state index in [1.165, 1.54) is 0 Å². The van der Waals surface area contributed by atoms with Gasteiger partial charge in [0, 0.05) is 5.69 Å². The highest BCUT2D eigenvalue weighted by Gasteiger charge is 2.46. The Bertz CT molecular complexity index is 1510. The first-order valence-electron chi connectivity index (χ1n) is 12.6. The molecule has 2 heterocycles. The molecule has 0 amide bonds. The van der Waals surface area contributed by atoms with Gasteiger partial charge in [-0.05, 0) is 46.5 Å². The summed E-state index contributed by atoms with van der Waals surface area (Å²) in [5.41, 5.74) is 9.76. The molecule has 4 aromatic rings. The van der Waals surface area contributed by atoms with E-state index in [2.05, 4.69) is 81.1 Å². The largest absolute Gasteiger partial charge is 0.497 e. The highest BCUT2D eigenvalue weighted by molar-refractivity contribution is 6.13. The highest BCUT2D eigenvalue weighted by Crippen LogP contribution is 2.48. The van der Waals surface area contributed by atoms with Gasteiger partial charge in [0.05, 0.1) is 24.9 Å². The Hall–Kier alpha value is -4.97. The lowest BCUT2D eigenvalue weighted by molar-refractivity contribution is 0.415. The average Bonchev–Trinajstić information content (AvgIpc) is 3.35. The van der Waals surface area contributed by atoms with Crippen molar-refractivity contribution in [3.8, 4) is 5.75 Å². The zero-order valence-corrected chi connectivity index (χ0v) is 21.0. The molecule has 0 fully saturated rings. The Morgan fingerprint density at radius 3 is 2.08 bits per heavy atom. The van der Waals surface area contributed by atoms with Crippen LogP contribution in [0.5, 0.6) is 5.75 Å². The molecule has 2 aliphatic rings. The summed E-state index contributed by atoms with van der Waals surface area (Å²) in [5, 5.41) is 4.55. The van der Waals surface area contributed by atoms with E-state index in [-0.39, 0.29) is 12.1 Å². The van der Waals surface area contributed by atoms with E-state index < -0.39 is 0 Å². The van der Waals surface area contributed by atoms with Crippen LogP contribution in [0.4, 0.5) is 5.69 Å². The van der Waals surface area contributed by atoms with Crippen molar-refractivity contribution in [1.82, 2.24) is 5.43 Å². The molecule has 6 rings (SSSR count). The minimum absolute atomic E-state index is 0.160. The fraction of sp³-hybridized carbons (Fsp3) is 0.0938. The van der Waals surface area contributed by atoms with Gasteiger partial charge < -0.3 is 9.64 Å². The van der Waals surface area contributed by atoms with E-state index in [9.17, 15) is 0 Å². The molecule has 2 unspecified atom stereocenters. The van der Waals surface area contributed by atoms with Crippen molar-refractivity contribution in [2.45, 2.75) is 6.17 Å². The van der Waals surface area contributed by atoms with Crippen molar-refractivity contribution >= 4 is 35.3 Å². The third-order valence-electron chi connectivity index (χ3n) is 6.76. The van der Waals surface area contributed by atoms with Crippen LogP contribution in [0.25, 0.3) is 11.3 Å². The van der Waals surface area contributed by atoms with Crippen LogP contribution in [-0.2, 0) is 0 Å². The average molecular weight is 498 g/mol. The summed E-state index contributed by atoms with van der Waals surface area (Å²) >= 11 is 0. The van der Waals surface area contributed by atoms with Crippen molar-refractivity contribution in [2.24, 2.45) is 21.0 Å². The number of nitrogens with zero attached hydrogens (tertiary/aromatic N) is 4. The topological polar surface area (TPSA) is 61.6 Å². The summed E-state index contributed by atoms with van der Waals surface area (Å²) < 4.78 is 5.43. The van der Waals surface area contributed by atoms with Crippen molar-refractivity contribution in [2.75, 3.05) is 12.0 Å². The highest BCUT2D eigenvalue weighted by atomic mass is 16.5. The predicted molar refractivity (Wildman–Crippen MR) is 156 cm³/mol. The Morgan fingerprint density at radius 2 is 1.42 bits per heavy atom. The maximum absolute atomic E-state index is 5.43. The van der Waals surface area contributed by atoms with Crippen molar-refractivity contribution < 1.29 is 4.74 Å². The molecule has 186 valence electrons. The number of methoxy groups -OCH3 is 1. The lowest BCUT2D eigenvalue weighted by Crippen LogP contribution is -2.41. The van der Waals surface area contributed by atoms with E-state index in [4.69, 9.17) is 9.73 Å². The zero-order valence-electron chi connectivity index (χ0n) is 21.0. The number of fused-ring (bicyclic) bond motifs is 1. The van der Waals surface area contributed by atoms with E-state index in [1.807, 2.05) is 60.8 Å². The minimum Gasteiger partial charge on any atom is -0.497 e. The van der Waals surface area contributed by atoms with Gasteiger partial charge in [-0.25, -0.2) is 9.98 Å². The number of hydrazone groups is 1. The first-order chi connectivity index (χ1) is 18.8. The van der Waals surface area contributed by atoms with E-state index in [0.29, 0.717) is 0 Å². The SMILES string of the molecule is COc1ccc(N2C(c3ccccc3)=C(c3ccccc3)C3C(N/N=C/c4ccccc4)=NC=NC32)cc1. The monoisotopic (exact) mass is 497 g/mol. The molecule has 0 saturated heterocycles. The molecule has 6 nitrogen and oxygen atoms in total. The number of rotatable bonds is 6. The molecule has 0 aromatic heterocycles. The van der Waals surface area contributed by atoms with Gasteiger partial charge in [-0.3, -0.25) is 5.43 Å². The van der Waals surface area contributed by atoms with Crippen LogP contribution in [0.2, 0.25) is 0 Å². The number of ether oxygens (including phenoxy) is 1. The molecule has 6 heteroatoms. The van der Waals surface area contributed by atoms with E-state index >= 15 is 0 Å². The maximum atomic E-state index is 5.43. The van der Waals surface area contributed by atoms with Crippen LogP contribution in [0.1, 0.15) is 16.7 Å². The molecule has 0 bridgehead atoms. The second-order valence-corrected chi connectivity index (χ2v) is 9.01. The molecule has 0 radical (unpaired) electrons. The smallest absolute Gasteiger partial charge is 0.141 e. The normalized spacial score (nSPS) is 18.4. The van der Waals surface area contributed by atoms with Gasteiger partial charge in [-0.15, -0.1) is 0 Å². The van der Waals surface area contributed by atoms with E-state index in [1.54, 1.807) is 13.4 Å². The predicted octanol–water partition coefficient (Wildman–Crippen LogP) is 6.09. The van der Waals surface area contributed by atoms with Crippen molar-refractivity contribution in [3.05, 3.63) is 132 Å². The first-order valence-corrected chi connectivity index (χ1v) is 12.6. The molecular formula is C32H27N5O. The van der Waals surface area contributed by atoms with Gasteiger partial charge >= 0.3 is 0 Å². The number of nitrogens with one attached hydrogen (secondary N) is 1. The van der Waals surface area contributed by atoms with Crippen LogP contribution in [-0.4, -0.2) is 31.7 Å². The Balaban J connectivity index is 1.50. The van der Waals surface area contributed by atoms with Gasteiger partial charge in [0.2, 0.25) is 0 Å². The van der Waals surface area contributed by atoms with Gasteiger partial charge in [0.25, 0.3) is 0 Å². The van der Waals surface area contributed by atoms with Gasteiger partial charge in [0.15, 0.2) is 0 Å². The molecule has 38 heavy (non-hydrogen) atoms. The van der Waals surface area contributed by atoms with Crippen LogP contribution >= 0.6 is 0 Å². The standard InChI is InChI=1S/C32H27N5O/c1-38-27-19-17-26(18-20-27)37-30(25-15-9-4-10-16-25)28(24-13-7-3-8-14-24)29-31(33-22-34-32(29)37)36-35-21-23-11-5-2-6-12-23/h2-22,29,32H,1H3,(H,33,34,36)/b35-21+. The molecule has 2 atom stereocenters. The van der Waals surface area contributed by atoms with E-state index in [0.717, 1.165) is 45.2 Å². The third kappa shape index (κ3) is 4.48. The van der Waals surface area contributed by atoms with Gasteiger partial charge in [-0.1, -0.05) is 91.0 Å². The van der Waals surface area contributed by atoms with Crippen LogP contribution in [0.15, 0.2) is 130 Å². The summed E-state index contributed by atoms with van der Waals surface area (Å²) in [6.45, 7) is 0. The first kappa shape index (κ1) is 23.4. The molecular weight excluding hydrogens is 470 g/mol. The number of aliphatic imine (C=N–C) groups is 2. The number of amidine groups is 1. The number of anilines is 1. The van der Waals surface area contributed by atoms with Crippen LogP contribution in [0, 0.1) is 5.92 Å². The number of hydrogen-bond acceptors (Lipinski definition) is 6. The molecule has 0 aliphatic carbocycles. The lowest BCUT2D eigenvalue weighted by atomic mass is 9.89. The quantitative estimate of drug-likeness (QED) is 0.259. The Kier molecular flexibility index (Phi) is 6.51. The molecule has 2 aliphatic heterocycles. The number of benzene rings is 4. The van der Waals surface area contributed by atoms with Crippen LogP contribution < -0.4 is 15.1 Å². The second kappa shape index (κ2) is 10.6. The third-order valence-corrected chi connectivity index (χ3v) is 6.76. The maximum Gasteiger partial charge on any atom is 0.141 e. The summed E-state index contributed by atoms with van der Waals surface area (Å²) in [5.74, 6) is 1.40. The summed E-state index contributed by atoms with van der Waals surface area (Å²) in [6, 6.07) is 39.1. The molecule has 1 N–H and O–H groups in total. The fourth-order valence-corrected chi connectivity index (χ4v) is 5.04. The number of hydrogen-bond donors (Lipinski definition) is 1. The Labute approximate surface area is 222 Å². The summed E-state index contributed by atoms with van der Waals surface area (Å²) in [7, 11) is 1.68.